The number of nitrogens with zero attached hydrogens (tertiary/aromatic N) is 4. The van der Waals surface area contributed by atoms with Gasteiger partial charge in [0.2, 0.25) is 0 Å². The van der Waals surface area contributed by atoms with Gasteiger partial charge < -0.3 is 5.32 Å². The normalized spacial score (nSPS) is 10.8. The van der Waals surface area contributed by atoms with Crippen molar-refractivity contribution in [2.75, 3.05) is 6.54 Å². The molecule has 2 rings (SSSR count). The number of tetrazole rings is 1. The lowest BCUT2D eigenvalue weighted by atomic mass is 10.1. The minimum absolute atomic E-state index is 0.742. The lowest BCUT2D eigenvalue weighted by molar-refractivity contribution is 0.520. The summed E-state index contributed by atoms with van der Waals surface area (Å²) in [7, 11) is 0. The van der Waals surface area contributed by atoms with Gasteiger partial charge >= 0.3 is 0 Å². The zero-order valence-corrected chi connectivity index (χ0v) is 11.4. The first-order chi connectivity index (χ1) is 9.40. The number of aromatic nitrogens is 4. The molecule has 0 aliphatic heterocycles. The maximum absolute atomic E-state index is 4.05. The van der Waals surface area contributed by atoms with Crippen molar-refractivity contribution in [3.63, 3.8) is 0 Å². The molecule has 1 aromatic carbocycles. The summed E-state index contributed by atoms with van der Waals surface area (Å²) in [6, 6.07) is 10.5. The fraction of sp³-hybridized carbons (Fsp3) is 0.500. The Hall–Kier alpha value is -1.75. The second-order valence-electron chi connectivity index (χ2n) is 4.58. The summed E-state index contributed by atoms with van der Waals surface area (Å²) in [6.45, 7) is 4.75. The van der Waals surface area contributed by atoms with E-state index >= 15 is 0 Å². The molecule has 5 heteroatoms. The summed E-state index contributed by atoms with van der Waals surface area (Å²) >= 11 is 0. The van der Waals surface area contributed by atoms with Crippen LogP contribution in [0, 0.1) is 0 Å². The summed E-state index contributed by atoms with van der Waals surface area (Å²) in [5, 5.41) is 15.2. The summed E-state index contributed by atoms with van der Waals surface area (Å²) in [5.41, 5.74) is 1.36. The fourth-order valence-corrected chi connectivity index (χ4v) is 1.98. The molecule has 0 aliphatic carbocycles. The van der Waals surface area contributed by atoms with Gasteiger partial charge in [-0.2, -0.15) is 0 Å². The molecule has 0 saturated carbocycles. The second kappa shape index (κ2) is 7.63. The summed E-state index contributed by atoms with van der Waals surface area (Å²) < 4.78 is 1.89. The summed E-state index contributed by atoms with van der Waals surface area (Å²) in [4.78, 5) is 0. The van der Waals surface area contributed by atoms with Gasteiger partial charge in [0, 0.05) is 6.54 Å². The minimum atomic E-state index is 0.742. The van der Waals surface area contributed by atoms with Crippen LogP contribution in [-0.4, -0.2) is 26.8 Å². The van der Waals surface area contributed by atoms with Crippen LogP contribution in [0.1, 0.15) is 31.2 Å². The zero-order valence-electron chi connectivity index (χ0n) is 11.4. The summed E-state index contributed by atoms with van der Waals surface area (Å²) in [5.74, 6) is 0.918. The molecule has 0 radical (unpaired) electrons. The van der Waals surface area contributed by atoms with Crippen molar-refractivity contribution in [1.29, 1.82) is 0 Å². The second-order valence-corrected chi connectivity index (χ2v) is 4.58. The van der Waals surface area contributed by atoms with Crippen molar-refractivity contribution in [3.8, 4) is 0 Å². The highest BCUT2D eigenvalue weighted by atomic mass is 15.5. The third-order valence-corrected chi connectivity index (χ3v) is 2.99. The van der Waals surface area contributed by atoms with Crippen LogP contribution in [0.4, 0.5) is 0 Å². The quantitative estimate of drug-likeness (QED) is 0.735. The fourth-order valence-electron chi connectivity index (χ4n) is 1.98. The van der Waals surface area contributed by atoms with Crippen molar-refractivity contribution in [2.24, 2.45) is 0 Å². The number of aryl methyl sites for hydroxylation is 2. The molecule has 1 heterocycles. The Morgan fingerprint density at radius 1 is 1.21 bits per heavy atom. The van der Waals surface area contributed by atoms with Crippen LogP contribution >= 0.6 is 0 Å². The molecule has 0 aliphatic rings. The van der Waals surface area contributed by atoms with Gasteiger partial charge in [0.15, 0.2) is 5.82 Å². The van der Waals surface area contributed by atoms with E-state index in [4.69, 9.17) is 0 Å². The molecule has 0 fully saturated rings. The van der Waals surface area contributed by atoms with E-state index in [9.17, 15) is 0 Å². The van der Waals surface area contributed by atoms with E-state index in [2.05, 4.69) is 52.0 Å². The Kier molecular flexibility index (Phi) is 5.49. The van der Waals surface area contributed by atoms with E-state index in [1.54, 1.807) is 0 Å². The Labute approximate surface area is 114 Å². The molecule has 19 heavy (non-hydrogen) atoms. The maximum Gasteiger partial charge on any atom is 0.165 e. The van der Waals surface area contributed by atoms with Crippen LogP contribution < -0.4 is 5.32 Å². The predicted octanol–water partition coefficient (Wildman–Crippen LogP) is 1.81. The first-order valence-corrected chi connectivity index (χ1v) is 6.90. The molecule has 0 saturated heterocycles. The van der Waals surface area contributed by atoms with Gasteiger partial charge in [0.25, 0.3) is 0 Å². The van der Waals surface area contributed by atoms with E-state index in [0.717, 1.165) is 44.7 Å². The molecule has 0 unspecified atom stereocenters. The smallest absolute Gasteiger partial charge is 0.165 e. The number of hydrogen-bond acceptors (Lipinski definition) is 4. The highest BCUT2D eigenvalue weighted by Crippen LogP contribution is 2.04. The molecule has 102 valence electrons. The number of hydrogen-bond donors (Lipinski definition) is 1. The summed E-state index contributed by atoms with van der Waals surface area (Å²) in [6.07, 6.45) is 3.23. The molecule has 1 aromatic heterocycles. The number of nitrogens with one attached hydrogen (secondary N) is 1. The van der Waals surface area contributed by atoms with Crippen molar-refractivity contribution >= 4 is 0 Å². The van der Waals surface area contributed by atoms with Crippen LogP contribution in [0.3, 0.4) is 0 Å². The first kappa shape index (κ1) is 13.7. The van der Waals surface area contributed by atoms with Gasteiger partial charge in [-0.05, 0) is 41.8 Å². The zero-order chi connectivity index (χ0) is 13.3. The highest BCUT2D eigenvalue weighted by Gasteiger charge is 2.04. The maximum atomic E-state index is 4.05. The van der Waals surface area contributed by atoms with Crippen LogP contribution in [-0.2, 0) is 19.5 Å². The molecule has 0 spiro atoms. The molecule has 0 amide bonds. The van der Waals surface area contributed by atoms with E-state index < -0.39 is 0 Å². The molecule has 0 bridgehead atoms. The highest BCUT2D eigenvalue weighted by molar-refractivity contribution is 5.14. The van der Waals surface area contributed by atoms with Crippen LogP contribution in [0.25, 0.3) is 0 Å². The van der Waals surface area contributed by atoms with E-state index in [1.165, 1.54) is 5.56 Å². The molecule has 5 nitrogen and oxygen atoms in total. The Morgan fingerprint density at radius 3 is 2.84 bits per heavy atom. The monoisotopic (exact) mass is 259 g/mol. The van der Waals surface area contributed by atoms with Gasteiger partial charge in [-0.1, -0.05) is 37.3 Å². The molecule has 2 aromatic rings. The first-order valence-electron chi connectivity index (χ1n) is 6.90. The van der Waals surface area contributed by atoms with Gasteiger partial charge in [0.05, 0.1) is 6.54 Å². The van der Waals surface area contributed by atoms with Crippen molar-refractivity contribution in [3.05, 3.63) is 41.7 Å². The van der Waals surface area contributed by atoms with Crippen molar-refractivity contribution in [2.45, 2.75) is 39.3 Å². The van der Waals surface area contributed by atoms with Gasteiger partial charge in [-0.3, -0.25) is 0 Å². The minimum Gasteiger partial charge on any atom is -0.310 e. The molecule has 1 N–H and O–H groups in total. The third-order valence-electron chi connectivity index (χ3n) is 2.99. The van der Waals surface area contributed by atoms with E-state index in [1.807, 2.05) is 10.7 Å². The molecular weight excluding hydrogens is 238 g/mol. The van der Waals surface area contributed by atoms with Crippen LogP contribution in [0.2, 0.25) is 0 Å². The lowest BCUT2D eigenvalue weighted by Crippen LogP contribution is -2.18. The predicted molar refractivity (Wildman–Crippen MR) is 74.6 cm³/mol. The topological polar surface area (TPSA) is 55.6 Å². The van der Waals surface area contributed by atoms with Crippen LogP contribution in [0.15, 0.2) is 30.3 Å². The van der Waals surface area contributed by atoms with Gasteiger partial charge in [-0.15, -0.1) is 5.10 Å². The number of benzene rings is 1. The van der Waals surface area contributed by atoms with Gasteiger partial charge in [0.1, 0.15) is 0 Å². The Balaban J connectivity index is 1.78. The molecular formula is C14H21N5. The lowest BCUT2D eigenvalue weighted by Gasteiger charge is -2.05. The van der Waals surface area contributed by atoms with E-state index in [-0.39, 0.29) is 0 Å². The van der Waals surface area contributed by atoms with Crippen molar-refractivity contribution in [1.82, 2.24) is 25.5 Å². The van der Waals surface area contributed by atoms with Crippen LogP contribution in [0.5, 0.6) is 0 Å². The van der Waals surface area contributed by atoms with Crippen molar-refractivity contribution < 1.29 is 0 Å². The Morgan fingerprint density at radius 2 is 2.05 bits per heavy atom. The largest absolute Gasteiger partial charge is 0.310 e. The number of rotatable bonds is 8. The average Bonchev–Trinajstić information content (AvgIpc) is 2.88. The third kappa shape index (κ3) is 4.44. The SMILES string of the molecule is CCCNCc1nnnn1CCCc1ccccc1. The average molecular weight is 259 g/mol. The Bertz CT molecular complexity index is 466. The molecule has 0 atom stereocenters. The standard InChI is InChI=1S/C14H21N5/c1-2-10-15-12-14-16-17-18-19(14)11-6-9-13-7-4-3-5-8-13/h3-5,7-8,15H,2,6,9-12H2,1H3. The van der Waals surface area contributed by atoms with Gasteiger partial charge in [-0.25, -0.2) is 4.68 Å². The van der Waals surface area contributed by atoms with E-state index in [0.29, 0.717) is 0 Å².